The quantitative estimate of drug-likeness (QED) is 0.0642. The Hall–Kier alpha value is -8.14. The molecule has 7 fully saturated rings. The molecule has 40 heteroatoms. The van der Waals surface area contributed by atoms with E-state index in [1.54, 1.807) is 12.0 Å². The minimum absolute atomic E-state index is 0.0575. The number of benzene rings is 3. The molecule has 4 saturated carbocycles. The van der Waals surface area contributed by atoms with Gasteiger partial charge in [0.15, 0.2) is 53.6 Å². The lowest BCUT2D eigenvalue weighted by atomic mass is 10.1. The lowest BCUT2D eigenvalue weighted by Gasteiger charge is -2.25. The third kappa shape index (κ3) is 15.3. The van der Waals surface area contributed by atoms with Crippen molar-refractivity contribution in [1.82, 2.24) is 45.2 Å². The molecule has 0 N–H and O–H groups in total. The maximum atomic E-state index is 13.8. The Morgan fingerprint density at radius 1 is 0.495 bits per heavy atom. The molecule has 6 unspecified atom stereocenters. The van der Waals surface area contributed by atoms with Gasteiger partial charge < -0.3 is 47.0 Å². The van der Waals surface area contributed by atoms with Gasteiger partial charge in [-0.2, -0.15) is 31.3 Å². The van der Waals surface area contributed by atoms with Crippen LogP contribution < -0.4 is 14.2 Å². The molecule has 4 aliphatic carbocycles. The van der Waals surface area contributed by atoms with Gasteiger partial charge in [0, 0.05) is 85.9 Å². The number of ether oxygens (including phenoxy) is 4. The highest BCUT2D eigenvalue weighted by molar-refractivity contribution is 7.91. The number of carbonyl (C=O) groups is 3. The molecule has 0 spiro atoms. The van der Waals surface area contributed by atoms with E-state index >= 15 is 0 Å². The molecule has 3 saturated heterocycles. The molecule has 3 aromatic heterocycles. The largest absolute Gasteiger partial charge is 0.484 e. The summed E-state index contributed by atoms with van der Waals surface area (Å²) in [6, 6.07) is 10.3. The maximum Gasteiger partial charge on any atom is 0.470 e. The van der Waals surface area contributed by atoms with Gasteiger partial charge in [-0.3, -0.25) is 14.4 Å². The number of hydrogen-bond acceptors (Lipinski definition) is 22. The van der Waals surface area contributed by atoms with Crippen LogP contribution in [0, 0.1) is 17.8 Å². The standard InChI is InChI=1S/C23H27F2N3O6S.2C20H20F5N3O5S/c1-13(21(2,24)25)33-17-6-5-15(35(4,30)31)9-16(17)18(29)28-11-14-10-22(14,12-28)19-26-20(34-27-19)23(32-3)7-8-23;2*1-10(18(2,21)22)32-14-5-4-12(34(3,30)31)6-13(14)15(29)28-8-11-7-19(11,9-28)16-26-27-17(33-16)20(23,24)25/h5-6,9,13-14H,7-8,10-12H2,1-4H3;2*4-6,10-11H,7-9H2,1-3H3/t13-,14?,22?;2*10-,11?,19?/m110/s1. The predicted molar refractivity (Wildman–Crippen MR) is 329 cm³/mol. The Morgan fingerprint density at radius 3 is 1.09 bits per heavy atom. The Kier molecular flexibility index (Phi) is 18.9. The Balaban J connectivity index is 0.000000155. The van der Waals surface area contributed by atoms with Gasteiger partial charge >= 0.3 is 24.1 Å². The van der Waals surface area contributed by atoms with Crippen LogP contribution in [0.2, 0.25) is 0 Å². The van der Waals surface area contributed by atoms with E-state index in [0.29, 0.717) is 51.5 Å². The number of hydrogen-bond donors (Lipinski definition) is 0. The molecule has 562 valence electrons. The van der Waals surface area contributed by atoms with Gasteiger partial charge in [0.25, 0.3) is 41.4 Å². The fourth-order valence-electron chi connectivity index (χ4n) is 12.7. The summed E-state index contributed by atoms with van der Waals surface area (Å²) in [4.78, 5) is 48.3. The summed E-state index contributed by atoms with van der Waals surface area (Å²) in [5.74, 6) is -15.0. The number of aromatic nitrogens is 6. The summed E-state index contributed by atoms with van der Waals surface area (Å²) < 4.78 is 268. The number of carbonyl (C=O) groups excluding carboxylic acids is 3. The molecule has 0 bridgehead atoms. The van der Waals surface area contributed by atoms with E-state index in [0.717, 1.165) is 95.2 Å². The second-order valence-corrected chi connectivity index (χ2v) is 33.7. The number of fused-ring (bicyclic) bond motifs is 3. The average Bonchev–Trinajstić information content (AvgIpc) is 1.55. The molecule has 6 heterocycles. The van der Waals surface area contributed by atoms with E-state index in [9.17, 15) is 92.3 Å². The van der Waals surface area contributed by atoms with Crippen LogP contribution >= 0.6 is 0 Å². The van der Waals surface area contributed by atoms with Crippen LogP contribution in [0.15, 0.2) is 82.6 Å². The highest BCUT2D eigenvalue weighted by atomic mass is 32.2. The van der Waals surface area contributed by atoms with Crippen molar-refractivity contribution in [3.05, 3.63) is 107 Å². The van der Waals surface area contributed by atoms with Crippen molar-refractivity contribution >= 4 is 47.2 Å². The van der Waals surface area contributed by atoms with Crippen LogP contribution in [0.4, 0.5) is 52.7 Å². The molecule has 3 aliphatic heterocycles. The van der Waals surface area contributed by atoms with Gasteiger partial charge in [-0.15, -0.1) is 20.4 Å². The smallest absolute Gasteiger partial charge is 0.470 e. The van der Waals surface area contributed by atoms with Gasteiger partial charge in [-0.05, 0) is 125 Å². The first-order chi connectivity index (χ1) is 47.3. The highest BCUT2D eigenvalue weighted by Crippen LogP contribution is 2.62. The highest BCUT2D eigenvalue weighted by Gasteiger charge is 2.68. The number of methoxy groups -OCH3 is 1. The van der Waals surface area contributed by atoms with Crippen molar-refractivity contribution in [3.63, 3.8) is 0 Å². The Bertz CT molecular complexity index is 4500. The summed E-state index contributed by atoms with van der Waals surface area (Å²) in [5.41, 5.74) is -3.42. The number of amides is 3. The maximum absolute atomic E-state index is 13.8. The minimum atomic E-state index is -4.81. The molecule has 103 heavy (non-hydrogen) atoms. The molecule has 9 atom stereocenters. The number of nitrogens with zero attached hydrogens (tertiary/aromatic N) is 9. The number of alkyl halides is 12. The fourth-order valence-corrected chi connectivity index (χ4v) is 14.6. The number of halogens is 12. The van der Waals surface area contributed by atoms with E-state index in [1.807, 2.05) is 0 Å². The van der Waals surface area contributed by atoms with Crippen LogP contribution in [-0.2, 0) is 68.4 Å². The minimum Gasteiger partial charge on any atom is -0.484 e. The van der Waals surface area contributed by atoms with Gasteiger partial charge in [-0.25, -0.2) is 51.6 Å². The molecule has 7 aliphatic rings. The number of likely N-dealkylation sites (tertiary alicyclic amines) is 3. The molecule has 25 nitrogen and oxygen atoms in total. The van der Waals surface area contributed by atoms with E-state index in [2.05, 4.69) is 30.5 Å². The summed E-state index contributed by atoms with van der Waals surface area (Å²) in [7, 11) is -9.51. The lowest BCUT2D eigenvalue weighted by molar-refractivity contribution is -0.158. The normalized spacial score (nSPS) is 24.3. The molecular formula is C63H67F12N9O16S3. The van der Waals surface area contributed by atoms with E-state index in [-0.39, 0.29) is 104 Å². The Morgan fingerprint density at radius 2 is 0.806 bits per heavy atom. The topological polar surface area (TPSA) is 317 Å². The van der Waals surface area contributed by atoms with Crippen LogP contribution in [0.3, 0.4) is 0 Å². The van der Waals surface area contributed by atoms with Crippen molar-refractivity contribution in [2.45, 2.75) is 159 Å². The summed E-state index contributed by atoms with van der Waals surface area (Å²) in [5, 5.41) is 17.3. The molecular weight excluding hydrogens is 1460 g/mol. The van der Waals surface area contributed by atoms with Gasteiger partial charge in [-0.1, -0.05) is 5.16 Å². The summed E-state index contributed by atoms with van der Waals surface area (Å²) in [6.45, 7) is 6.25. The fraction of sp³-hybridized carbons (Fsp3) is 0.571. The molecule has 13 rings (SSSR count). The van der Waals surface area contributed by atoms with Crippen molar-refractivity contribution in [2.75, 3.05) is 65.1 Å². The first-order valence-electron chi connectivity index (χ1n) is 31.6. The molecule has 0 radical (unpaired) electrons. The number of sulfone groups is 3. The van der Waals surface area contributed by atoms with Crippen molar-refractivity contribution < 1.29 is 125 Å². The zero-order valence-electron chi connectivity index (χ0n) is 56.3. The number of piperidine rings is 3. The third-order valence-corrected chi connectivity index (χ3v) is 23.1. The zero-order chi connectivity index (χ0) is 75.9. The second-order valence-electron chi connectivity index (χ2n) is 27.6. The zero-order valence-corrected chi connectivity index (χ0v) is 58.7. The van der Waals surface area contributed by atoms with Gasteiger partial charge in [0.2, 0.25) is 11.8 Å². The first-order valence-corrected chi connectivity index (χ1v) is 37.3. The second kappa shape index (κ2) is 25.6. The molecule has 6 aromatic rings. The van der Waals surface area contributed by atoms with Gasteiger partial charge in [0.1, 0.15) is 22.8 Å². The van der Waals surface area contributed by atoms with E-state index in [4.69, 9.17) is 32.3 Å². The van der Waals surface area contributed by atoms with Crippen LogP contribution in [0.25, 0.3) is 0 Å². The molecule has 3 aromatic carbocycles. The van der Waals surface area contributed by atoms with Crippen molar-refractivity contribution in [3.8, 4) is 17.2 Å². The van der Waals surface area contributed by atoms with Crippen LogP contribution in [0.1, 0.15) is 140 Å². The average molecular weight is 1530 g/mol. The Labute approximate surface area is 580 Å². The summed E-state index contributed by atoms with van der Waals surface area (Å²) >= 11 is 0. The lowest BCUT2D eigenvalue weighted by Crippen LogP contribution is -2.35. The van der Waals surface area contributed by atoms with Crippen molar-refractivity contribution in [1.29, 1.82) is 0 Å². The van der Waals surface area contributed by atoms with Crippen molar-refractivity contribution in [2.24, 2.45) is 17.8 Å². The van der Waals surface area contributed by atoms with Crippen LogP contribution in [-0.4, -0.2) is 189 Å². The monoisotopic (exact) mass is 1530 g/mol. The summed E-state index contributed by atoms with van der Waals surface area (Å²) in [6.07, 6.45) is -8.26. The van der Waals surface area contributed by atoms with E-state index < -0.39 is 129 Å². The molecule has 3 amide bonds. The first kappa shape index (κ1) is 76.0. The third-order valence-electron chi connectivity index (χ3n) is 19.7. The number of rotatable bonds is 20. The van der Waals surface area contributed by atoms with E-state index in [1.165, 1.54) is 34.9 Å². The SMILES string of the molecule is COC1(c2nc(C34CC3CN(C(=O)c3cc(S(C)(=O)=O)ccc3O[C@H](C)C(C)(F)F)C4)no2)CC1.C[C@@H](Oc1ccc(S(C)(=O)=O)cc1C(=O)N1CC2CC2(c2nnc(C(F)(F)F)o2)C1)C(C)(F)F.C[C@H](Oc1ccc(S(C)(=O)=O)cc1C(=O)N1CC2CC2(c2nnc(C(F)(F)F)o2)C1)C(C)(F)F. The van der Waals surface area contributed by atoms with Gasteiger partial charge in [0.05, 0.1) is 47.6 Å². The predicted octanol–water partition coefficient (Wildman–Crippen LogP) is 9.60. The van der Waals surface area contributed by atoms with Crippen LogP contribution in [0.5, 0.6) is 17.2 Å².